The van der Waals surface area contributed by atoms with Gasteiger partial charge in [0.15, 0.2) is 5.82 Å². The minimum Gasteiger partial charge on any atom is -0.442 e. The van der Waals surface area contributed by atoms with Crippen molar-refractivity contribution in [3.63, 3.8) is 0 Å². The van der Waals surface area contributed by atoms with Crippen molar-refractivity contribution in [1.82, 2.24) is 24.5 Å². The lowest BCUT2D eigenvalue weighted by Gasteiger charge is -2.31. The van der Waals surface area contributed by atoms with Crippen molar-refractivity contribution >= 4 is 51.6 Å². The highest BCUT2D eigenvalue weighted by Gasteiger charge is 2.41. The quantitative estimate of drug-likeness (QED) is 0.277. The minimum atomic E-state index is -1.09. The molecule has 0 spiro atoms. The summed E-state index contributed by atoms with van der Waals surface area (Å²) >= 11 is 0. The van der Waals surface area contributed by atoms with E-state index in [9.17, 15) is 24.3 Å². The van der Waals surface area contributed by atoms with Crippen LogP contribution >= 0.6 is 0 Å². The van der Waals surface area contributed by atoms with Gasteiger partial charge in [0, 0.05) is 24.8 Å². The second-order valence-electron chi connectivity index (χ2n) is 12.6. The van der Waals surface area contributed by atoms with Crippen LogP contribution < -0.4 is 5.73 Å². The summed E-state index contributed by atoms with van der Waals surface area (Å²) in [5.74, 6) is -0.946. The van der Waals surface area contributed by atoms with Crippen LogP contribution in [-0.2, 0) is 37.0 Å². The van der Waals surface area contributed by atoms with Gasteiger partial charge in [-0.15, -0.1) is 5.06 Å². The highest BCUT2D eigenvalue weighted by molar-refractivity contribution is 6.06. The summed E-state index contributed by atoms with van der Waals surface area (Å²) in [6, 6.07) is 7.56. The summed E-state index contributed by atoms with van der Waals surface area (Å²) < 4.78 is 7.79. The zero-order chi connectivity index (χ0) is 32.5. The van der Waals surface area contributed by atoms with E-state index in [1.165, 1.54) is 4.90 Å². The highest BCUT2D eigenvalue weighted by Crippen LogP contribution is 2.35. The number of hydrogen-bond donors (Lipinski definition) is 2. The van der Waals surface area contributed by atoms with E-state index in [0.717, 1.165) is 10.9 Å². The Morgan fingerprint density at radius 1 is 1.16 bits per heavy atom. The molecule has 0 bridgehead atoms. The lowest BCUT2D eigenvalue weighted by molar-refractivity contribution is -0.205. The van der Waals surface area contributed by atoms with Crippen molar-refractivity contribution in [2.24, 2.45) is 5.41 Å². The number of amides is 3. The molecule has 1 aliphatic carbocycles. The van der Waals surface area contributed by atoms with Gasteiger partial charge in [0.25, 0.3) is 11.8 Å². The fourth-order valence-corrected chi connectivity index (χ4v) is 5.75. The topological polar surface area (TPSA) is 170 Å². The lowest BCUT2D eigenvalue weighted by atomic mass is 9.79. The molecule has 2 aromatic heterocycles. The second kappa shape index (κ2) is 12.5. The molecule has 3 amide bonds. The number of hydrogen-bond acceptors (Lipinski definition) is 10. The average molecular weight is 621 g/mol. The Morgan fingerprint density at radius 2 is 1.87 bits per heavy atom. The SMILES string of the molecule is CCN(Cc1nc2c(N)nc3ccccc3c2n1CC(C)(C)O)C(=O)O[C@H]1/C=C/CC[C@@](C)(C(=O)ON2C(=O)CCC2=O)CC1. The number of imide groups is 1. The summed E-state index contributed by atoms with van der Waals surface area (Å²) in [4.78, 5) is 66.5. The maximum atomic E-state index is 13.5. The molecular weight excluding hydrogens is 580 g/mol. The number of carbonyl (C=O) groups is 4. The van der Waals surface area contributed by atoms with Gasteiger partial charge >= 0.3 is 12.1 Å². The number of para-hydroxylation sites is 1. The number of imidazole rings is 1. The van der Waals surface area contributed by atoms with Crippen LogP contribution in [0.25, 0.3) is 21.9 Å². The molecule has 1 aromatic carbocycles. The fourth-order valence-electron chi connectivity index (χ4n) is 5.75. The average Bonchev–Trinajstić information content (AvgIpc) is 3.49. The predicted octanol–water partition coefficient (Wildman–Crippen LogP) is 4.01. The monoisotopic (exact) mass is 620 g/mol. The number of nitrogen functional groups attached to an aromatic ring is 1. The van der Waals surface area contributed by atoms with Crippen LogP contribution in [-0.4, -0.2) is 71.7 Å². The molecule has 0 unspecified atom stereocenters. The molecule has 1 fully saturated rings. The van der Waals surface area contributed by atoms with Crippen molar-refractivity contribution in [2.45, 2.75) is 91.0 Å². The summed E-state index contributed by atoms with van der Waals surface area (Å²) in [7, 11) is 0. The molecule has 1 saturated heterocycles. The van der Waals surface area contributed by atoms with Gasteiger partial charge in [-0.25, -0.2) is 19.6 Å². The second-order valence-corrected chi connectivity index (χ2v) is 12.6. The molecule has 13 nitrogen and oxygen atoms in total. The van der Waals surface area contributed by atoms with E-state index in [4.69, 9.17) is 20.3 Å². The normalized spacial score (nSPS) is 21.5. The van der Waals surface area contributed by atoms with Crippen LogP contribution in [0.1, 0.15) is 72.0 Å². The number of pyridine rings is 1. The third-order valence-corrected chi connectivity index (χ3v) is 8.33. The Bertz CT molecular complexity index is 1660. The number of allylic oxidation sites excluding steroid dienone is 1. The first-order valence-corrected chi connectivity index (χ1v) is 15.3. The number of fused-ring (bicyclic) bond motifs is 3. The van der Waals surface area contributed by atoms with E-state index in [0.29, 0.717) is 54.1 Å². The smallest absolute Gasteiger partial charge is 0.410 e. The maximum Gasteiger partial charge on any atom is 0.410 e. The number of nitrogens with two attached hydrogens (primary N) is 1. The number of anilines is 1. The zero-order valence-electron chi connectivity index (χ0n) is 26.1. The number of benzene rings is 1. The van der Waals surface area contributed by atoms with Gasteiger partial charge < -0.3 is 29.9 Å². The van der Waals surface area contributed by atoms with Crippen molar-refractivity contribution < 1.29 is 33.9 Å². The molecule has 3 heterocycles. The summed E-state index contributed by atoms with van der Waals surface area (Å²) in [6.45, 7) is 7.57. The third-order valence-electron chi connectivity index (χ3n) is 8.33. The molecule has 2 atom stereocenters. The Balaban J connectivity index is 1.34. The molecule has 240 valence electrons. The van der Waals surface area contributed by atoms with Crippen LogP contribution in [0, 0.1) is 5.41 Å². The molecule has 0 saturated carbocycles. The van der Waals surface area contributed by atoms with Crippen LogP contribution in [0.2, 0.25) is 0 Å². The minimum absolute atomic E-state index is 0.0203. The molecule has 0 radical (unpaired) electrons. The van der Waals surface area contributed by atoms with Gasteiger partial charge in [0.1, 0.15) is 17.4 Å². The van der Waals surface area contributed by atoms with Crippen LogP contribution in [0.4, 0.5) is 10.6 Å². The molecule has 2 aliphatic rings. The van der Waals surface area contributed by atoms with E-state index < -0.39 is 41.0 Å². The number of ether oxygens (including phenoxy) is 1. The Kier molecular flexibility index (Phi) is 8.83. The molecular formula is C32H40N6O7. The van der Waals surface area contributed by atoms with Crippen molar-refractivity contribution in [3.05, 3.63) is 42.2 Å². The van der Waals surface area contributed by atoms with Crippen LogP contribution in [0.3, 0.4) is 0 Å². The molecule has 3 aromatic rings. The van der Waals surface area contributed by atoms with Gasteiger partial charge in [-0.1, -0.05) is 24.3 Å². The molecule has 13 heteroatoms. The number of carbonyl (C=O) groups excluding carboxylic acids is 4. The highest BCUT2D eigenvalue weighted by atomic mass is 16.7. The van der Waals surface area contributed by atoms with Gasteiger partial charge in [-0.2, -0.15) is 0 Å². The first-order valence-electron chi connectivity index (χ1n) is 15.3. The van der Waals surface area contributed by atoms with E-state index in [-0.39, 0.29) is 31.7 Å². The molecule has 3 N–H and O–H groups in total. The van der Waals surface area contributed by atoms with E-state index in [1.54, 1.807) is 20.8 Å². The van der Waals surface area contributed by atoms with Crippen molar-refractivity contribution in [1.29, 1.82) is 0 Å². The number of aromatic nitrogens is 3. The number of hydroxylamine groups is 2. The maximum absolute atomic E-state index is 13.5. The van der Waals surface area contributed by atoms with Crippen LogP contribution in [0.15, 0.2) is 36.4 Å². The first kappa shape index (κ1) is 31.9. The summed E-state index contributed by atoms with van der Waals surface area (Å²) in [5.41, 5.74) is 6.15. The lowest BCUT2D eigenvalue weighted by Crippen LogP contribution is -2.40. The Labute approximate surface area is 260 Å². The number of aliphatic hydroxyl groups is 1. The predicted molar refractivity (Wildman–Crippen MR) is 165 cm³/mol. The molecule has 1 aliphatic heterocycles. The number of rotatable bonds is 8. The Hall–Kier alpha value is -4.52. The summed E-state index contributed by atoms with van der Waals surface area (Å²) in [5, 5.41) is 12.2. The van der Waals surface area contributed by atoms with Gasteiger partial charge in [-0.05, 0) is 65.5 Å². The van der Waals surface area contributed by atoms with Crippen molar-refractivity contribution in [2.75, 3.05) is 12.3 Å². The third kappa shape index (κ3) is 6.77. The summed E-state index contributed by atoms with van der Waals surface area (Å²) in [6.07, 6.45) is 4.14. The standard InChI is InChI=1S/C32H40N6O7/c1-5-36(18-23-35-26-27(37(23)19-31(2,3)43)21-11-6-7-12-22(21)34-28(26)33)30(42)44-20-10-8-9-16-32(4,17-15-20)29(41)45-38-24(39)13-14-25(38)40/h6-8,10-12,20,43H,5,9,13-19H2,1-4H3,(H2,33,34)/b10-8+/t20-,32+/m0/s1. The Morgan fingerprint density at radius 3 is 2.56 bits per heavy atom. The van der Waals surface area contributed by atoms with Gasteiger partial charge in [0.2, 0.25) is 0 Å². The zero-order valence-corrected chi connectivity index (χ0v) is 26.1. The van der Waals surface area contributed by atoms with Gasteiger partial charge in [0.05, 0.1) is 35.1 Å². The van der Waals surface area contributed by atoms with E-state index >= 15 is 0 Å². The number of nitrogens with zero attached hydrogens (tertiary/aromatic N) is 5. The van der Waals surface area contributed by atoms with E-state index in [2.05, 4.69) is 4.98 Å². The molecule has 5 rings (SSSR count). The van der Waals surface area contributed by atoms with Gasteiger partial charge in [-0.3, -0.25) is 9.59 Å². The first-order chi connectivity index (χ1) is 21.3. The fraction of sp³-hybridized carbons (Fsp3) is 0.500. The van der Waals surface area contributed by atoms with E-state index in [1.807, 2.05) is 47.9 Å². The van der Waals surface area contributed by atoms with Crippen molar-refractivity contribution in [3.8, 4) is 0 Å². The molecule has 45 heavy (non-hydrogen) atoms. The van der Waals surface area contributed by atoms with Crippen LogP contribution in [0.5, 0.6) is 0 Å². The largest absolute Gasteiger partial charge is 0.442 e.